The smallest absolute Gasteiger partial charge is 0.249 e. The Morgan fingerprint density at radius 1 is 1.59 bits per heavy atom. The van der Waals surface area contributed by atoms with E-state index in [1.807, 2.05) is 6.92 Å². The van der Waals surface area contributed by atoms with Crippen LogP contribution >= 0.6 is 0 Å². The zero-order chi connectivity index (χ0) is 12.4. The zero-order valence-corrected chi connectivity index (χ0v) is 9.51. The van der Waals surface area contributed by atoms with Gasteiger partial charge in [0, 0.05) is 18.0 Å². The summed E-state index contributed by atoms with van der Waals surface area (Å²) in [6.07, 6.45) is 2.19. The summed E-state index contributed by atoms with van der Waals surface area (Å²) in [5.41, 5.74) is 6.34. The number of carbonyl (C=O) groups is 2. The Hall–Kier alpha value is -2.11. The number of amides is 2. The van der Waals surface area contributed by atoms with Crippen LogP contribution in [-0.4, -0.2) is 29.4 Å². The van der Waals surface area contributed by atoms with Crippen LogP contribution in [0.2, 0.25) is 0 Å². The van der Waals surface area contributed by atoms with Crippen molar-refractivity contribution in [3.63, 3.8) is 0 Å². The number of piperazine rings is 1. The summed E-state index contributed by atoms with van der Waals surface area (Å²) in [5, 5.41) is 2.33. The summed E-state index contributed by atoms with van der Waals surface area (Å²) in [6.45, 7) is 2.06. The average molecular weight is 234 g/mol. The number of nitrogens with one attached hydrogen (secondary N) is 1. The van der Waals surface area contributed by atoms with E-state index in [1.54, 1.807) is 23.2 Å². The average Bonchev–Trinajstić information content (AvgIpc) is 2.28. The number of nitrogen functional groups attached to an aromatic ring is 1. The highest BCUT2D eigenvalue weighted by Gasteiger charge is 2.32. The Kier molecular flexibility index (Phi) is 2.95. The fraction of sp³-hybridized carbons (Fsp3) is 0.364. The topological polar surface area (TPSA) is 88.3 Å². The van der Waals surface area contributed by atoms with Crippen molar-refractivity contribution in [3.8, 4) is 0 Å². The van der Waals surface area contributed by atoms with Crippen LogP contribution in [0.4, 0.5) is 11.5 Å². The van der Waals surface area contributed by atoms with Crippen molar-refractivity contribution < 1.29 is 9.59 Å². The number of nitrogens with two attached hydrogens (primary N) is 1. The molecule has 0 saturated carbocycles. The third-order valence-corrected chi connectivity index (χ3v) is 2.74. The van der Waals surface area contributed by atoms with Crippen LogP contribution in [0.5, 0.6) is 0 Å². The fourth-order valence-electron chi connectivity index (χ4n) is 1.96. The van der Waals surface area contributed by atoms with Crippen molar-refractivity contribution in [1.29, 1.82) is 0 Å². The summed E-state index contributed by atoms with van der Waals surface area (Å²) in [4.78, 5) is 28.7. The van der Waals surface area contributed by atoms with Gasteiger partial charge < -0.3 is 10.6 Å². The van der Waals surface area contributed by atoms with E-state index in [4.69, 9.17) is 5.73 Å². The van der Waals surface area contributed by atoms with Crippen molar-refractivity contribution in [3.05, 3.63) is 18.3 Å². The molecule has 1 unspecified atom stereocenters. The first-order valence-corrected chi connectivity index (χ1v) is 5.43. The van der Waals surface area contributed by atoms with Gasteiger partial charge in [0.25, 0.3) is 0 Å². The van der Waals surface area contributed by atoms with Crippen LogP contribution in [0.15, 0.2) is 18.3 Å². The number of pyridine rings is 1. The first-order valence-electron chi connectivity index (χ1n) is 5.43. The van der Waals surface area contributed by atoms with E-state index in [2.05, 4.69) is 10.3 Å². The quantitative estimate of drug-likeness (QED) is 0.698. The predicted octanol–water partition coefficient (Wildman–Crippen LogP) is -0.0948. The van der Waals surface area contributed by atoms with Crippen LogP contribution in [0.25, 0.3) is 0 Å². The summed E-state index contributed by atoms with van der Waals surface area (Å²) in [5.74, 6) is -0.190. The number of hydrogen-bond donors (Lipinski definition) is 2. The van der Waals surface area contributed by atoms with Crippen molar-refractivity contribution in [2.24, 2.45) is 0 Å². The highest BCUT2D eigenvalue weighted by atomic mass is 16.2. The van der Waals surface area contributed by atoms with Gasteiger partial charge in [-0.3, -0.25) is 14.9 Å². The number of carbonyl (C=O) groups excluding carboxylic acids is 2. The molecule has 3 N–H and O–H groups in total. The minimum atomic E-state index is -0.338. The summed E-state index contributed by atoms with van der Waals surface area (Å²) < 4.78 is 0. The van der Waals surface area contributed by atoms with Gasteiger partial charge in [-0.05, 0) is 12.5 Å². The van der Waals surface area contributed by atoms with Crippen molar-refractivity contribution >= 4 is 23.3 Å². The molecular formula is C11H14N4O2. The molecule has 0 aliphatic carbocycles. The van der Waals surface area contributed by atoms with Gasteiger partial charge >= 0.3 is 0 Å². The molecule has 0 bridgehead atoms. The molecule has 0 spiro atoms. The Bertz CT molecular complexity index is 461. The maximum Gasteiger partial charge on any atom is 0.249 e. The Morgan fingerprint density at radius 2 is 2.35 bits per heavy atom. The molecule has 1 aromatic rings. The van der Waals surface area contributed by atoms with E-state index in [1.165, 1.54) is 0 Å². The van der Waals surface area contributed by atoms with Gasteiger partial charge in [-0.1, -0.05) is 6.92 Å². The lowest BCUT2D eigenvalue weighted by Crippen LogP contribution is -2.58. The monoisotopic (exact) mass is 234 g/mol. The third-order valence-electron chi connectivity index (χ3n) is 2.74. The highest BCUT2D eigenvalue weighted by Crippen LogP contribution is 2.21. The summed E-state index contributed by atoms with van der Waals surface area (Å²) in [7, 11) is 0. The van der Waals surface area contributed by atoms with Gasteiger partial charge in [0.05, 0.1) is 6.54 Å². The molecule has 1 saturated heterocycles. The maximum absolute atomic E-state index is 11.7. The molecule has 0 aromatic carbocycles. The minimum Gasteiger partial charge on any atom is -0.384 e. The number of imide groups is 1. The van der Waals surface area contributed by atoms with Crippen LogP contribution in [0, 0.1) is 0 Å². The molecule has 2 amide bonds. The number of anilines is 2. The van der Waals surface area contributed by atoms with Crippen molar-refractivity contribution in [2.75, 3.05) is 17.2 Å². The largest absolute Gasteiger partial charge is 0.384 e. The molecule has 1 aliphatic rings. The lowest BCUT2D eigenvalue weighted by atomic mass is 10.1. The van der Waals surface area contributed by atoms with Gasteiger partial charge in [-0.2, -0.15) is 0 Å². The lowest BCUT2D eigenvalue weighted by molar-refractivity contribution is -0.132. The normalized spacial score (nSPS) is 20.3. The van der Waals surface area contributed by atoms with Crippen LogP contribution < -0.4 is 16.0 Å². The molecule has 1 fully saturated rings. The van der Waals surface area contributed by atoms with E-state index in [9.17, 15) is 9.59 Å². The molecule has 6 heteroatoms. The number of aromatic nitrogens is 1. The van der Waals surface area contributed by atoms with E-state index < -0.39 is 0 Å². The Balaban J connectivity index is 2.34. The van der Waals surface area contributed by atoms with Gasteiger partial charge in [0.15, 0.2) is 0 Å². The van der Waals surface area contributed by atoms with Gasteiger partial charge in [0.1, 0.15) is 11.9 Å². The summed E-state index contributed by atoms with van der Waals surface area (Å²) in [6, 6.07) is 3.06. The maximum atomic E-state index is 11.7. The molecule has 2 rings (SSSR count). The highest BCUT2D eigenvalue weighted by molar-refractivity contribution is 6.04. The predicted molar refractivity (Wildman–Crippen MR) is 63.2 cm³/mol. The van der Waals surface area contributed by atoms with Gasteiger partial charge in [-0.25, -0.2) is 4.98 Å². The van der Waals surface area contributed by atoms with E-state index in [0.29, 0.717) is 12.2 Å². The molecule has 6 nitrogen and oxygen atoms in total. The van der Waals surface area contributed by atoms with Crippen LogP contribution in [0.3, 0.4) is 0 Å². The summed E-state index contributed by atoms with van der Waals surface area (Å²) >= 11 is 0. The SMILES string of the molecule is CCC1C(=O)NC(=O)CN1c1ccnc(N)c1. The second-order valence-electron chi connectivity index (χ2n) is 3.90. The van der Waals surface area contributed by atoms with Crippen LogP contribution in [-0.2, 0) is 9.59 Å². The van der Waals surface area contributed by atoms with Crippen LogP contribution in [0.1, 0.15) is 13.3 Å². The number of rotatable bonds is 2. The van der Waals surface area contributed by atoms with E-state index in [0.717, 1.165) is 5.69 Å². The molecule has 90 valence electrons. The molecule has 1 atom stereocenters. The Morgan fingerprint density at radius 3 is 3.00 bits per heavy atom. The Labute approximate surface area is 98.8 Å². The molecule has 0 radical (unpaired) electrons. The van der Waals surface area contributed by atoms with Crippen molar-refractivity contribution in [2.45, 2.75) is 19.4 Å². The van der Waals surface area contributed by atoms with Crippen molar-refractivity contribution in [1.82, 2.24) is 10.3 Å². The lowest BCUT2D eigenvalue weighted by Gasteiger charge is -2.35. The first kappa shape index (κ1) is 11.4. The number of hydrogen-bond acceptors (Lipinski definition) is 5. The first-order chi connectivity index (χ1) is 8.11. The van der Waals surface area contributed by atoms with E-state index >= 15 is 0 Å². The molecule has 1 aromatic heterocycles. The number of nitrogens with zero attached hydrogens (tertiary/aromatic N) is 2. The van der Waals surface area contributed by atoms with Gasteiger partial charge in [-0.15, -0.1) is 0 Å². The fourth-order valence-corrected chi connectivity index (χ4v) is 1.96. The minimum absolute atomic E-state index is 0.160. The second-order valence-corrected chi connectivity index (χ2v) is 3.90. The molecule has 1 aliphatic heterocycles. The standard InChI is InChI=1S/C11H14N4O2/c1-2-8-11(17)14-10(16)6-15(8)7-3-4-13-9(12)5-7/h3-5,8H,2,6H2,1H3,(H2,12,13)(H,14,16,17). The molecular weight excluding hydrogens is 220 g/mol. The second kappa shape index (κ2) is 4.40. The van der Waals surface area contributed by atoms with Gasteiger partial charge in [0.2, 0.25) is 11.8 Å². The molecule has 17 heavy (non-hydrogen) atoms. The van der Waals surface area contributed by atoms with E-state index in [-0.39, 0.29) is 24.4 Å². The third kappa shape index (κ3) is 2.20. The molecule has 2 heterocycles. The zero-order valence-electron chi connectivity index (χ0n) is 9.51.